The van der Waals surface area contributed by atoms with Crippen molar-refractivity contribution in [3.63, 3.8) is 0 Å². The van der Waals surface area contributed by atoms with Gasteiger partial charge in [0.05, 0.1) is 0 Å². The lowest BCUT2D eigenvalue weighted by Gasteiger charge is -2.07. The second-order valence-electron chi connectivity index (χ2n) is 8.88. The Morgan fingerprint density at radius 3 is 1.81 bits per heavy atom. The van der Waals surface area contributed by atoms with Gasteiger partial charge in [0.25, 0.3) is 0 Å². The molecule has 0 atom stereocenters. The highest BCUT2D eigenvalue weighted by Crippen LogP contribution is 2.28. The Balaban J connectivity index is 1.30. The van der Waals surface area contributed by atoms with Gasteiger partial charge in [-0.15, -0.1) is 0 Å². The zero-order valence-corrected chi connectivity index (χ0v) is 19.9. The van der Waals surface area contributed by atoms with Gasteiger partial charge in [-0.3, -0.25) is 0 Å². The van der Waals surface area contributed by atoms with Crippen molar-refractivity contribution in [1.29, 1.82) is 0 Å². The van der Waals surface area contributed by atoms with E-state index < -0.39 is 0 Å². The Morgan fingerprint density at radius 2 is 0.944 bits per heavy atom. The number of hydrogen-bond acceptors (Lipinski definition) is 0. The predicted molar refractivity (Wildman–Crippen MR) is 153 cm³/mol. The lowest BCUT2D eigenvalue weighted by molar-refractivity contribution is 1.56. The minimum absolute atomic E-state index is 1.01. The van der Waals surface area contributed by atoms with Crippen molar-refractivity contribution in [3.05, 3.63) is 157 Å². The smallest absolute Gasteiger partial charge is 0.0327 e. The summed E-state index contributed by atoms with van der Waals surface area (Å²) in [4.78, 5) is 0. The standard InChI is InChI=1S/C36H24/c1-2-10-28(11-3-1)30-19-22-32(23-20-30)36-16-7-6-13-31(36)18-17-27-9-8-15-33(25-27)35-24-21-29-12-4-5-14-34(29)26-35/h1-16,19-26H. The highest BCUT2D eigenvalue weighted by molar-refractivity contribution is 5.87. The summed E-state index contributed by atoms with van der Waals surface area (Å²) in [5.74, 6) is 6.84. The van der Waals surface area contributed by atoms with Crippen LogP contribution in [0.4, 0.5) is 0 Å². The molecule has 0 bridgehead atoms. The van der Waals surface area contributed by atoms with Crippen molar-refractivity contribution >= 4 is 10.8 Å². The number of fused-ring (bicyclic) bond motifs is 1. The summed E-state index contributed by atoms with van der Waals surface area (Å²) >= 11 is 0. The first-order valence-electron chi connectivity index (χ1n) is 12.2. The SMILES string of the molecule is C(#Cc1ccccc1-c1ccc(-c2ccccc2)cc1)c1cccc(-c2ccc3ccccc3c2)c1. The maximum Gasteiger partial charge on any atom is 0.0327 e. The summed E-state index contributed by atoms with van der Waals surface area (Å²) in [6, 6.07) is 51.1. The molecule has 36 heavy (non-hydrogen) atoms. The molecule has 0 fully saturated rings. The highest BCUT2D eigenvalue weighted by Gasteiger charge is 2.05. The van der Waals surface area contributed by atoms with E-state index in [2.05, 4.69) is 151 Å². The topological polar surface area (TPSA) is 0 Å². The van der Waals surface area contributed by atoms with E-state index in [-0.39, 0.29) is 0 Å². The molecule has 168 valence electrons. The molecule has 0 aliphatic rings. The van der Waals surface area contributed by atoms with Crippen LogP contribution in [0.1, 0.15) is 11.1 Å². The quantitative estimate of drug-likeness (QED) is 0.233. The van der Waals surface area contributed by atoms with Crippen LogP contribution in [0.15, 0.2) is 146 Å². The Hall–Kier alpha value is -4.86. The van der Waals surface area contributed by atoms with Crippen LogP contribution in [0.5, 0.6) is 0 Å². The van der Waals surface area contributed by atoms with Crippen LogP contribution in [-0.4, -0.2) is 0 Å². The molecule has 0 nitrogen and oxygen atoms in total. The zero-order chi connectivity index (χ0) is 24.2. The first kappa shape index (κ1) is 21.7. The van der Waals surface area contributed by atoms with E-state index in [0.29, 0.717) is 0 Å². The van der Waals surface area contributed by atoms with Crippen molar-refractivity contribution in [1.82, 2.24) is 0 Å². The number of rotatable bonds is 3. The lowest BCUT2D eigenvalue weighted by atomic mass is 9.97. The van der Waals surface area contributed by atoms with Crippen LogP contribution >= 0.6 is 0 Å². The van der Waals surface area contributed by atoms with Crippen LogP contribution in [0.3, 0.4) is 0 Å². The van der Waals surface area contributed by atoms with Gasteiger partial charge in [-0.25, -0.2) is 0 Å². The molecule has 0 aromatic heterocycles. The highest BCUT2D eigenvalue weighted by atomic mass is 14.1. The minimum atomic E-state index is 1.01. The molecule has 6 rings (SSSR count). The molecule has 0 heteroatoms. The molecule has 0 aliphatic carbocycles. The number of hydrogen-bond donors (Lipinski definition) is 0. The van der Waals surface area contributed by atoms with Gasteiger partial charge in [-0.05, 0) is 68.4 Å². The number of benzene rings is 6. The van der Waals surface area contributed by atoms with Gasteiger partial charge >= 0.3 is 0 Å². The minimum Gasteiger partial charge on any atom is -0.0622 e. The molecular weight excluding hydrogens is 432 g/mol. The third kappa shape index (κ3) is 4.56. The molecule has 0 spiro atoms. The molecule has 0 radical (unpaired) electrons. The molecule has 0 N–H and O–H groups in total. The maximum absolute atomic E-state index is 3.43. The van der Waals surface area contributed by atoms with E-state index in [0.717, 1.165) is 16.7 Å². The van der Waals surface area contributed by atoms with E-state index in [1.54, 1.807) is 0 Å². The van der Waals surface area contributed by atoms with Crippen LogP contribution in [0, 0.1) is 11.8 Å². The molecule has 6 aromatic rings. The maximum atomic E-state index is 3.43. The normalized spacial score (nSPS) is 10.6. The van der Waals surface area contributed by atoms with Gasteiger partial charge < -0.3 is 0 Å². The summed E-state index contributed by atoms with van der Waals surface area (Å²) < 4.78 is 0. The Labute approximate surface area is 212 Å². The molecule has 6 aromatic carbocycles. The van der Waals surface area contributed by atoms with E-state index in [9.17, 15) is 0 Å². The molecule has 0 heterocycles. The average molecular weight is 457 g/mol. The summed E-state index contributed by atoms with van der Waals surface area (Å²) in [5.41, 5.74) is 9.18. The summed E-state index contributed by atoms with van der Waals surface area (Å²) in [5, 5.41) is 2.50. The Morgan fingerprint density at radius 1 is 0.333 bits per heavy atom. The fraction of sp³-hybridized carbons (Fsp3) is 0. The molecular formula is C36H24. The third-order valence-corrected chi connectivity index (χ3v) is 6.52. The molecule has 0 unspecified atom stereocenters. The van der Waals surface area contributed by atoms with Crippen LogP contribution in [0.2, 0.25) is 0 Å². The lowest BCUT2D eigenvalue weighted by Crippen LogP contribution is -1.86. The van der Waals surface area contributed by atoms with Crippen LogP contribution in [0.25, 0.3) is 44.2 Å². The van der Waals surface area contributed by atoms with Crippen molar-refractivity contribution in [3.8, 4) is 45.2 Å². The summed E-state index contributed by atoms with van der Waals surface area (Å²) in [6.45, 7) is 0. The average Bonchev–Trinajstić information content (AvgIpc) is 2.97. The molecule has 0 saturated heterocycles. The second kappa shape index (κ2) is 9.79. The van der Waals surface area contributed by atoms with Crippen molar-refractivity contribution in [2.45, 2.75) is 0 Å². The van der Waals surface area contributed by atoms with E-state index in [1.165, 1.54) is 38.6 Å². The van der Waals surface area contributed by atoms with Gasteiger partial charge in [0.15, 0.2) is 0 Å². The van der Waals surface area contributed by atoms with Crippen molar-refractivity contribution in [2.24, 2.45) is 0 Å². The van der Waals surface area contributed by atoms with Gasteiger partial charge in [0, 0.05) is 11.1 Å². The monoisotopic (exact) mass is 456 g/mol. The summed E-state index contributed by atoms with van der Waals surface area (Å²) in [6.07, 6.45) is 0. The summed E-state index contributed by atoms with van der Waals surface area (Å²) in [7, 11) is 0. The van der Waals surface area contributed by atoms with E-state index in [4.69, 9.17) is 0 Å². The predicted octanol–water partition coefficient (Wildman–Crippen LogP) is 9.24. The third-order valence-electron chi connectivity index (χ3n) is 6.52. The Kier molecular flexibility index (Phi) is 5.89. The first-order chi connectivity index (χ1) is 17.8. The van der Waals surface area contributed by atoms with Gasteiger partial charge in [-0.1, -0.05) is 133 Å². The van der Waals surface area contributed by atoms with Crippen LogP contribution in [-0.2, 0) is 0 Å². The first-order valence-corrected chi connectivity index (χ1v) is 12.2. The molecule has 0 saturated carbocycles. The fourth-order valence-corrected chi connectivity index (χ4v) is 4.60. The van der Waals surface area contributed by atoms with Gasteiger partial charge in [-0.2, -0.15) is 0 Å². The molecule has 0 amide bonds. The zero-order valence-electron chi connectivity index (χ0n) is 19.9. The van der Waals surface area contributed by atoms with E-state index >= 15 is 0 Å². The second-order valence-corrected chi connectivity index (χ2v) is 8.88. The van der Waals surface area contributed by atoms with Gasteiger partial charge in [0.2, 0.25) is 0 Å². The molecule has 0 aliphatic heterocycles. The van der Waals surface area contributed by atoms with Crippen molar-refractivity contribution < 1.29 is 0 Å². The van der Waals surface area contributed by atoms with Gasteiger partial charge in [0.1, 0.15) is 0 Å². The van der Waals surface area contributed by atoms with Crippen LogP contribution < -0.4 is 0 Å². The van der Waals surface area contributed by atoms with E-state index in [1.807, 2.05) is 6.07 Å². The largest absolute Gasteiger partial charge is 0.0622 e. The Bertz CT molecular complexity index is 1710. The van der Waals surface area contributed by atoms with Crippen molar-refractivity contribution in [2.75, 3.05) is 0 Å². The fourth-order valence-electron chi connectivity index (χ4n) is 4.60.